The molecule has 2 amide bonds. The lowest BCUT2D eigenvalue weighted by molar-refractivity contribution is 0.178. The van der Waals surface area contributed by atoms with Gasteiger partial charge >= 0.3 is 6.03 Å². The SMILES string of the molecule is CN1CCC(CCNC(=O)NC2CCCCCC2CO)CC1. The fourth-order valence-corrected chi connectivity index (χ4v) is 3.75. The van der Waals surface area contributed by atoms with Crippen molar-refractivity contribution < 1.29 is 9.90 Å². The van der Waals surface area contributed by atoms with Gasteiger partial charge in [-0.1, -0.05) is 19.3 Å². The number of piperidine rings is 1. The Morgan fingerprint density at radius 2 is 1.86 bits per heavy atom. The number of aliphatic hydroxyl groups excluding tert-OH is 1. The standard InChI is InChI=1S/C17H33N3O2/c1-20-11-8-14(9-12-20)7-10-18-17(22)19-16-6-4-2-3-5-15(16)13-21/h14-16,21H,2-13H2,1H3,(H2,18,19,22). The summed E-state index contributed by atoms with van der Waals surface area (Å²) in [6.07, 6.45) is 9.12. The Bertz CT molecular complexity index is 330. The van der Waals surface area contributed by atoms with Crippen LogP contribution in [0.2, 0.25) is 0 Å². The summed E-state index contributed by atoms with van der Waals surface area (Å²) in [5, 5.41) is 15.6. The summed E-state index contributed by atoms with van der Waals surface area (Å²) >= 11 is 0. The van der Waals surface area contributed by atoms with E-state index in [0.717, 1.165) is 38.1 Å². The molecule has 0 spiro atoms. The molecule has 0 aromatic heterocycles. The number of nitrogens with zero attached hydrogens (tertiary/aromatic N) is 1. The molecule has 5 heteroatoms. The molecule has 1 aliphatic heterocycles. The molecule has 2 aliphatic rings. The molecule has 2 unspecified atom stereocenters. The zero-order chi connectivity index (χ0) is 15.8. The van der Waals surface area contributed by atoms with E-state index in [1.54, 1.807) is 0 Å². The molecular formula is C17H33N3O2. The first-order valence-corrected chi connectivity index (χ1v) is 9.03. The predicted molar refractivity (Wildman–Crippen MR) is 88.8 cm³/mol. The average Bonchev–Trinajstić information content (AvgIpc) is 2.74. The van der Waals surface area contributed by atoms with E-state index in [1.807, 2.05) is 0 Å². The maximum absolute atomic E-state index is 12.1. The number of carbonyl (C=O) groups excluding carboxylic acids is 1. The molecule has 0 aromatic rings. The van der Waals surface area contributed by atoms with Crippen molar-refractivity contribution in [3.05, 3.63) is 0 Å². The van der Waals surface area contributed by atoms with Crippen molar-refractivity contribution in [3.8, 4) is 0 Å². The van der Waals surface area contributed by atoms with Gasteiger partial charge in [0.1, 0.15) is 0 Å². The van der Waals surface area contributed by atoms with Crippen LogP contribution in [-0.4, -0.2) is 55.4 Å². The summed E-state index contributed by atoms with van der Waals surface area (Å²) < 4.78 is 0. The molecule has 2 fully saturated rings. The molecule has 1 heterocycles. The summed E-state index contributed by atoms with van der Waals surface area (Å²) in [5.74, 6) is 0.974. The summed E-state index contributed by atoms with van der Waals surface area (Å²) in [7, 11) is 2.17. The van der Waals surface area contributed by atoms with Gasteiger partial charge in [0.25, 0.3) is 0 Å². The minimum atomic E-state index is -0.0572. The molecule has 0 aromatic carbocycles. The van der Waals surface area contributed by atoms with Gasteiger partial charge in [-0.25, -0.2) is 4.79 Å². The summed E-state index contributed by atoms with van der Waals surface area (Å²) in [6, 6.07) is 0.0779. The monoisotopic (exact) mass is 311 g/mol. The van der Waals surface area contributed by atoms with Crippen LogP contribution in [0.3, 0.4) is 0 Å². The van der Waals surface area contributed by atoms with Gasteiger partial charge in [-0.05, 0) is 58.2 Å². The van der Waals surface area contributed by atoms with Crippen LogP contribution < -0.4 is 10.6 Å². The highest BCUT2D eigenvalue weighted by molar-refractivity contribution is 5.74. The third kappa shape index (κ3) is 5.76. The number of rotatable bonds is 5. The Morgan fingerprint density at radius 3 is 2.59 bits per heavy atom. The van der Waals surface area contributed by atoms with Crippen molar-refractivity contribution in [2.24, 2.45) is 11.8 Å². The van der Waals surface area contributed by atoms with Crippen molar-refractivity contribution in [1.82, 2.24) is 15.5 Å². The summed E-state index contributed by atoms with van der Waals surface area (Å²) in [6.45, 7) is 3.30. The zero-order valence-corrected chi connectivity index (χ0v) is 14.0. The lowest BCUT2D eigenvalue weighted by Crippen LogP contribution is -2.46. The second kappa shape index (κ2) is 9.36. The van der Waals surface area contributed by atoms with E-state index in [2.05, 4.69) is 22.6 Å². The molecular weight excluding hydrogens is 278 g/mol. The first kappa shape index (κ1) is 17.5. The number of aliphatic hydroxyl groups is 1. The van der Waals surface area contributed by atoms with E-state index >= 15 is 0 Å². The van der Waals surface area contributed by atoms with Crippen LogP contribution in [0.1, 0.15) is 51.4 Å². The van der Waals surface area contributed by atoms with Crippen LogP contribution in [0.4, 0.5) is 4.79 Å². The molecule has 1 saturated carbocycles. The molecule has 5 nitrogen and oxygen atoms in total. The molecule has 128 valence electrons. The van der Waals surface area contributed by atoms with Gasteiger partial charge in [-0.15, -0.1) is 0 Å². The number of carbonyl (C=O) groups is 1. The smallest absolute Gasteiger partial charge is 0.315 e. The second-order valence-electron chi connectivity index (χ2n) is 7.12. The fraction of sp³-hybridized carbons (Fsp3) is 0.941. The minimum Gasteiger partial charge on any atom is -0.396 e. The highest BCUT2D eigenvalue weighted by Crippen LogP contribution is 2.23. The minimum absolute atomic E-state index is 0.0572. The van der Waals surface area contributed by atoms with Gasteiger partial charge in [0, 0.05) is 25.1 Å². The largest absolute Gasteiger partial charge is 0.396 e. The molecule has 2 rings (SSSR count). The quantitative estimate of drug-likeness (QED) is 0.680. The zero-order valence-electron chi connectivity index (χ0n) is 14.0. The van der Waals surface area contributed by atoms with E-state index in [4.69, 9.17) is 0 Å². The Hall–Kier alpha value is -0.810. The Balaban J connectivity index is 1.64. The average molecular weight is 311 g/mol. The van der Waals surface area contributed by atoms with Gasteiger partial charge in [0.2, 0.25) is 0 Å². The first-order valence-electron chi connectivity index (χ1n) is 9.03. The van der Waals surface area contributed by atoms with Gasteiger partial charge in [0.05, 0.1) is 0 Å². The van der Waals surface area contributed by atoms with Crippen LogP contribution in [0.25, 0.3) is 0 Å². The van der Waals surface area contributed by atoms with Crippen molar-refractivity contribution >= 4 is 6.03 Å². The maximum Gasteiger partial charge on any atom is 0.315 e. The van der Waals surface area contributed by atoms with Crippen LogP contribution in [0, 0.1) is 11.8 Å². The number of urea groups is 1. The highest BCUT2D eigenvalue weighted by atomic mass is 16.3. The van der Waals surface area contributed by atoms with Crippen LogP contribution in [0.15, 0.2) is 0 Å². The Kier molecular flexibility index (Phi) is 7.46. The number of hydrogen-bond acceptors (Lipinski definition) is 3. The van der Waals surface area contributed by atoms with Gasteiger partial charge in [0.15, 0.2) is 0 Å². The fourth-order valence-electron chi connectivity index (χ4n) is 3.75. The van der Waals surface area contributed by atoms with Crippen molar-refractivity contribution in [1.29, 1.82) is 0 Å². The molecule has 22 heavy (non-hydrogen) atoms. The molecule has 1 saturated heterocycles. The number of likely N-dealkylation sites (tertiary alicyclic amines) is 1. The molecule has 0 radical (unpaired) electrons. The third-order valence-corrected chi connectivity index (χ3v) is 5.39. The number of nitrogens with one attached hydrogen (secondary N) is 2. The highest BCUT2D eigenvalue weighted by Gasteiger charge is 2.24. The van der Waals surface area contributed by atoms with Crippen LogP contribution in [0.5, 0.6) is 0 Å². The normalized spacial score (nSPS) is 28.1. The van der Waals surface area contributed by atoms with E-state index in [-0.39, 0.29) is 24.6 Å². The van der Waals surface area contributed by atoms with Gasteiger partial charge in [-0.2, -0.15) is 0 Å². The maximum atomic E-state index is 12.1. The second-order valence-corrected chi connectivity index (χ2v) is 7.12. The third-order valence-electron chi connectivity index (χ3n) is 5.39. The Labute approximate surface area is 134 Å². The van der Waals surface area contributed by atoms with E-state index in [9.17, 15) is 9.90 Å². The lowest BCUT2D eigenvalue weighted by atomic mass is 9.94. The van der Waals surface area contributed by atoms with E-state index in [0.29, 0.717) is 0 Å². The topological polar surface area (TPSA) is 64.6 Å². The number of hydrogen-bond donors (Lipinski definition) is 3. The van der Waals surface area contributed by atoms with Crippen molar-refractivity contribution in [2.45, 2.75) is 57.4 Å². The molecule has 1 aliphatic carbocycles. The summed E-state index contributed by atoms with van der Waals surface area (Å²) in [5.41, 5.74) is 0. The van der Waals surface area contributed by atoms with Crippen LogP contribution in [-0.2, 0) is 0 Å². The Morgan fingerprint density at radius 1 is 1.14 bits per heavy atom. The number of amides is 2. The predicted octanol–water partition coefficient (Wildman–Crippen LogP) is 1.96. The van der Waals surface area contributed by atoms with E-state index < -0.39 is 0 Å². The molecule has 2 atom stereocenters. The van der Waals surface area contributed by atoms with Crippen molar-refractivity contribution in [2.75, 3.05) is 33.3 Å². The molecule has 3 N–H and O–H groups in total. The van der Waals surface area contributed by atoms with E-state index in [1.165, 1.54) is 38.8 Å². The van der Waals surface area contributed by atoms with Gasteiger partial charge < -0.3 is 20.6 Å². The van der Waals surface area contributed by atoms with Gasteiger partial charge in [-0.3, -0.25) is 0 Å². The van der Waals surface area contributed by atoms with Crippen molar-refractivity contribution in [3.63, 3.8) is 0 Å². The first-order chi connectivity index (χ1) is 10.7. The lowest BCUT2D eigenvalue weighted by Gasteiger charge is -2.29. The molecule has 0 bridgehead atoms. The summed E-state index contributed by atoms with van der Waals surface area (Å²) in [4.78, 5) is 14.4. The van der Waals surface area contributed by atoms with Crippen LogP contribution >= 0.6 is 0 Å².